The molecular weight excluding hydrogens is 216 g/mol. The first-order chi connectivity index (χ1) is 8.15. The summed E-state index contributed by atoms with van der Waals surface area (Å²) < 4.78 is 10.5. The summed E-state index contributed by atoms with van der Waals surface area (Å²) in [6.07, 6.45) is 7.96. The Morgan fingerprint density at radius 3 is 2.59 bits per heavy atom. The van der Waals surface area contributed by atoms with E-state index in [0.717, 1.165) is 6.42 Å². The summed E-state index contributed by atoms with van der Waals surface area (Å²) in [5, 5.41) is 0. The second-order valence-electron chi connectivity index (χ2n) is 4.79. The van der Waals surface area contributed by atoms with Crippen LogP contribution in [0.2, 0.25) is 0 Å². The summed E-state index contributed by atoms with van der Waals surface area (Å²) in [5.41, 5.74) is 0.446. The summed E-state index contributed by atoms with van der Waals surface area (Å²) >= 11 is 0. The van der Waals surface area contributed by atoms with E-state index in [1.165, 1.54) is 32.1 Å². The van der Waals surface area contributed by atoms with Crippen LogP contribution in [0.4, 0.5) is 0 Å². The Morgan fingerprint density at radius 1 is 1.24 bits per heavy atom. The summed E-state index contributed by atoms with van der Waals surface area (Å²) in [6.45, 7) is 7.79. The predicted octanol–water partition coefficient (Wildman–Crippen LogP) is 3.23. The topological polar surface area (TPSA) is 38.8 Å². The molecule has 1 heterocycles. The largest absolute Gasteiger partial charge is 0.459 e. The lowest BCUT2D eigenvalue weighted by Gasteiger charge is -2.01. The number of carbonyl (C=O) groups excluding carboxylic acids is 1. The lowest BCUT2D eigenvalue weighted by atomic mass is 10.1. The van der Waals surface area contributed by atoms with Crippen molar-refractivity contribution in [3.05, 3.63) is 12.2 Å². The Hall–Kier alpha value is -0.830. The zero-order valence-corrected chi connectivity index (χ0v) is 11.0. The molecule has 1 rings (SSSR count). The Labute approximate surface area is 104 Å². The Morgan fingerprint density at radius 2 is 1.94 bits per heavy atom. The number of hydrogen-bond acceptors (Lipinski definition) is 3. The standard InChI is InChI=1S/C14H24O3/c1-4-5-6-7-8-9-12-13(17-12)10-16-14(15)11(2)3/h12-13H,2,4-10H2,1,3H3. The van der Waals surface area contributed by atoms with Crippen LogP contribution in [0.3, 0.4) is 0 Å². The molecular formula is C14H24O3. The van der Waals surface area contributed by atoms with Gasteiger partial charge in [0.25, 0.3) is 0 Å². The van der Waals surface area contributed by atoms with Crippen molar-refractivity contribution in [2.24, 2.45) is 0 Å². The highest BCUT2D eigenvalue weighted by atomic mass is 16.6. The van der Waals surface area contributed by atoms with Crippen LogP contribution in [0.15, 0.2) is 12.2 Å². The quantitative estimate of drug-likeness (QED) is 0.269. The normalized spacial score (nSPS) is 22.2. The molecule has 1 fully saturated rings. The summed E-state index contributed by atoms with van der Waals surface area (Å²) in [5.74, 6) is -0.317. The number of esters is 1. The molecule has 0 aromatic rings. The van der Waals surface area contributed by atoms with E-state index in [9.17, 15) is 4.79 Å². The van der Waals surface area contributed by atoms with Gasteiger partial charge in [-0.3, -0.25) is 0 Å². The number of unbranched alkanes of at least 4 members (excludes halogenated alkanes) is 4. The summed E-state index contributed by atoms with van der Waals surface area (Å²) in [4.78, 5) is 11.1. The van der Waals surface area contributed by atoms with Gasteiger partial charge in [-0.2, -0.15) is 0 Å². The van der Waals surface area contributed by atoms with Crippen molar-refractivity contribution in [3.63, 3.8) is 0 Å². The molecule has 17 heavy (non-hydrogen) atoms. The van der Waals surface area contributed by atoms with Gasteiger partial charge in [-0.15, -0.1) is 0 Å². The van der Waals surface area contributed by atoms with Gasteiger partial charge in [0.1, 0.15) is 12.7 Å². The van der Waals surface area contributed by atoms with Gasteiger partial charge < -0.3 is 9.47 Å². The van der Waals surface area contributed by atoms with E-state index >= 15 is 0 Å². The average molecular weight is 240 g/mol. The monoisotopic (exact) mass is 240 g/mol. The van der Waals surface area contributed by atoms with Crippen molar-refractivity contribution in [2.45, 2.75) is 64.6 Å². The Balaban J connectivity index is 1.94. The second kappa shape index (κ2) is 7.49. The van der Waals surface area contributed by atoms with E-state index in [2.05, 4.69) is 13.5 Å². The fourth-order valence-corrected chi connectivity index (χ4v) is 1.81. The molecule has 1 saturated heterocycles. The SMILES string of the molecule is C=C(C)C(=O)OCC1OC1CCCCCCC. The number of hydrogen-bond donors (Lipinski definition) is 0. The minimum absolute atomic E-state index is 0.129. The second-order valence-corrected chi connectivity index (χ2v) is 4.79. The van der Waals surface area contributed by atoms with E-state index < -0.39 is 0 Å². The molecule has 0 spiro atoms. The molecule has 3 nitrogen and oxygen atoms in total. The third kappa shape index (κ3) is 5.87. The van der Waals surface area contributed by atoms with Gasteiger partial charge in [0, 0.05) is 5.57 Å². The van der Waals surface area contributed by atoms with Crippen molar-refractivity contribution < 1.29 is 14.3 Å². The first kappa shape index (κ1) is 14.2. The molecule has 2 atom stereocenters. The van der Waals surface area contributed by atoms with E-state index in [1.807, 2.05) is 0 Å². The Kier molecular flexibility index (Phi) is 6.27. The van der Waals surface area contributed by atoms with Crippen LogP contribution in [-0.4, -0.2) is 24.8 Å². The Bertz CT molecular complexity index is 260. The molecule has 0 N–H and O–H groups in total. The van der Waals surface area contributed by atoms with Crippen molar-refractivity contribution in [2.75, 3.05) is 6.61 Å². The fraction of sp³-hybridized carbons (Fsp3) is 0.786. The minimum atomic E-state index is -0.317. The third-order valence-electron chi connectivity index (χ3n) is 3.01. The van der Waals surface area contributed by atoms with Crippen LogP contribution in [0.5, 0.6) is 0 Å². The highest BCUT2D eigenvalue weighted by Gasteiger charge is 2.38. The van der Waals surface area contributed by atoms with Crippen molar-refractivity contribution in [3.8, 4) is 0 Å². The van der Waals surface area contributed by atoms with Crippen LogP contribution >= 0.6 is 0 Å². The molecule has 98 valence electrons. The maximum absolute atomic E-state index is 11.1. The third-order valence-corrected chi connectivity index (χ3v) is 3.01. The van der Waals surface area contributed by atoms with Crippen molar-refractivity contribution in [1.29, 1.82) is 0 Å². The van der Waals surface area contributed by atoms with Gasteiger partial charge >= 0.3 is 5.97 Å². The molecule has 0 aromatic heterocycles. The van der Waals surface area contributed by atoms with Gasteiger partial charge in [0.2, 0.25) is 0 Å². The number of epoxide rings is 1. The molecule has 3 heteroatoms. The fourth-order valence-electron chi connectivity index (χ4n) is 1.81. The van der Waals surface area contributed by atoms with Gasteiger partial charge in [0.15, 0.2) is 0 Å². The maximum atomic E-state index is 11.1. The zero-order chi connectivity index (χ0) is 12.7. The average Bonchev–Trinajstić information content (AvgIpc) is 3.04. The molecule has 0 bridgehead atoms. The molecule has 0 aliphatic carbocycles. The van der Waals surface area contributed by atoms with E-state index in [4.69, 9.17) is 9.47 Å². The smallest absolute Gasteiger partial charge is 0.333 e. The first-order valence-electron chi connectivity index (χ1n) is 6.63. The predicted molar refractivity (Wildman–Crippen MR) is 67.8 cm³/mol. The van der Waals surface area contributed by atoms with Crippen LogP contribution in [-0.2, 0) is 14.3 Å². The van der Waals surface area contributed by atoms with Crippen LogP contribution < -0.4 is 0 Å². The molecule has 0 saturated carbocycles. The minimum Gasteiger partial charge on any atom is -0.459 e. The number of carbonyl (C=O) groups is 1. The summed E-state index contributed by atoms with van der Waals surface area (Å²) in [7, 11) is 0. The zero-order valence-electron chi connectivity index (χ0n) is 11.0. The van der Waals surface area contributed by atoms with Gasteiger partial charge in [0.05, 0.1) is 6.10 Å². The van der Waals surface area contributed by atoms with Crippen molar-refractivity contribution in [1.82, 2.24) is 0 Å². The maximum Gasteiger partial charge on any atom is 0.333 e. The molecule has 2 unspecified atom stereocenters. The van der Waals surface area contributed by atoms with Gasteiger partial charge in [-0.25, -0.2) is 4.79 Å². The number of ether oxygens (including phenoxy) is 2. The van der Waals surface area contributed by atoms with Gasteiger partial charge in [-0.05, 0) is 13.3 Å². The number of rotatable bonds is 9. The van der Waals surface area contributed by atoms with Crippen LogP contribution in [0, 0.1) is 0 Å². The lowest BCUT2D eigenvalue weighted by molar-refractivity contribution is -0.139. The van der Waals surface area contributed by atoms with Crippen LogP contribution in [0.25, 0.3) is 0 Å². The molecule has 1 aliphatic rings. The first-order valence-corrected chi connectivity index (χ1v) is 6.63. The molecule has 0 radical (unpaired) electrons. The molecule has 0 aromatic carbocycles. The van der Waals surface area contributed by atoms with Crippen LogP contribution in [0.1, 0.15) is 52.4 Å². The highest BCUT2D eigenvalue weighted by molar-refractivity contribution is 5.86. The van der Waals surface area contributed by atoms with E-state index in [1.54, 1.807) is 6.92 Å². The van der Waals surface area contributed by atoms with E-state index in [0.29, 0.717) is 18.3 Å². The highest BCUT2D eigenvalue weighted by Crippen LogP contribution is 2.27. The van der Waals surface area contributed by atoms with E-state index in [-0.39, 0.29) is 12.1 Å². The molecule has 0 amide bonds. The lowest BCUT2D eigenvalue weighted by Crippen LogP contribution is -2.11. The molecule has 1 aliphatic heterocycles. The van der Waals surface area contributed by atoms with Crippen molar-refractivity contribution >= 4 is 5.97 Å². The van der Waals surface area contributed by atoms with Gasteiger partial charge in [-0.1, -0.05) is 45.6 Å². The summed E-state index contributed by atoms with van der Waals surface area (Å²) in [6, 6.07) is 0.